The van der Waals surface area contributed by atoms with Gasteiger partial charge in [0, 0.05) is 0 Å². The summed E-state index contributed by atoms with van der Waals surface area (Å²) in [5.74, 6) is 0.197. The molecule has 1 rings (SSSR count). The zero-order valence-corrected chi connectivity index (χ0v) is 6.19. The summed E-state index contributed by atoms with van der Waals surface area (Å²) < 4.78 is 0. The number of rotatable bonds is 5. The molecule has 0 saturated heterocycles. The summed E-state index contributed by atoms with van der Waals surface area (Å²) in [5.41, 5.74) is -0.185. The van der Waals surface area contributed by atoms with Crippen LogP contribution in [0.5, 0.6) is 0 Å². The molecular formula is C6H9BN2O2. The van der Waals surface area contributed by atoms with Crippen molar-refractivity contribution in [2.45, 2.75) is 12.7 Å². The fourth-order valence-corrected chi connectivity index (χ4v) is 1.42. The van der Waals surface area contributed by atoms with Crippen molar-refractivity contribution >= 4 is 7.85 Å². The zero-order chi connectivity index (χ0) is 8.32. The van der Waals surface area contributed by atoms with E-state index in [-0.39, 0.29) is 24.4 Å². The Kier molecular flexibility index (Phi) is 2.36. The standard InChI is InChI=1S/C6H9BN2O2/c7-3-6(4-9-11)1-5(6)2-8-10/h5H,1-4H2/t5?,6-/m0/s1. The average Bonchev–Trinajstić information content (AvgIpc) is 2.66. The molecule has 0 spiro atoms. The number of nitrogens with zero attached hydrogens (tertiary/aromatic N) is 2. The van der Waals surface area contributed by atoms with Gasteiger partial charge >= 0.3 is 0 Å². The predicted octanol–water partition coefficient (Wildman–Crippen LogP) is 1.11. The summed E-state index contributed by atoms with van der Waals surface area (Å²) in [6, 6.07) is 0. The maximum atomic E-state index is 9.95. The molecule has 1 unspecified atom stereocenters. The molecular weight excluding hydrogens is 143 g/mol. The largest absolute Gasteiger partial charge is 0.151 e. The maximum Gasteiger partial charge on any atom is 0.0863 e. The van der Waals surface area contributed by atoms with Crippen LogP contribution in [0, 0.1) is 21.1 Å². The summed E-state index contributed by atoms with van der Waals surface area (Å²) in [4.78, 5) is 19.8. The topological polar surface area (TPSA) is 58.9 Å². The summed E-state index contributed by atoms with van der Waals surface area (Å²) in [7, 11) is 5.43. The van der Waals surface area contributed by atoms with Gasteiger partial charge in [-0.1, -0.05) is 16.7 Å². The second kappa shape index (κ2) is 3.11. The molecule has 1 saturated carbocycles. The van der Waals surface area contributed by atoms with E-state index in [0.717, 1.165) is 6.42 Å². The molecule has 0 aromatic rings. The van der Waals surface area contributed by atoms with E-state index in [1.165, 1.54) is 0 Å². The predicted molar refractivity (Wildman–Crippen MR) is 42.4 cm³/mol. The van der Waals surface area contributed by atoms with E-state index in [1.807, 2.05) is 0 Å². The van der Waals surface area contributed by atoms with Crippen LogP contribution < -0.4 is 0 Å². The van der Waals surface area contributed by atoms with Gasteiger partial charge in [-0.3, -0.25) is 0 Å². The van der Waals surface area contributed by atoms with Gasteiger partial charge in [-0.25, -0.2) is 0 Å². The Labute approximate surface area is 66.1 Å². The normalized spacial score (nSPS) is 34.7. The van der Waals surface area contributed by atoms with Crippen LogP contribution in [-0.2, 0) is 0 Å². The maximum absolute atomic E-state index is 9.95. The smallest absolute Gasteiger partial charge is 0.0863 e. The van der Waals surface area contributed by atoms with E-state index < -0.39 is 0 Å². The van der Waals surface area contributed by atoms with Gasteiger partial charge in [-0.2, -0.15) is 9.81 Å². The Balaban J connectivity index is 2.41. The molecule has 0 heterocycles. The molecule has 0 bridgehead atoms. The molecule has 0 aromatic heterocycles. The van der Waals surface area contributed by atoms with E-state index >= 15 is 0 Å². The van der Waals surface area contributed by atoms with Gasteiger partial charge < -0.3 is 0 Å². The highest BCUT2D eigenvalue weighted by atomic mass is 16.3. The third-order valence-corrected chi connectivity index (χ3v) is 2.44. The fraction of sp³-hybridized carbons (Fsp3) is 1.00. The first kappa shape index (κ1) is 8.36. The third-order valence-electron chi connectivity index (χ3n) is 2.44. The average molecular weight is 152 g/mol. The minimum absolute atomic E-state index is 0.185. The first-order chi connectivity index (χ1) is 5.29. The molecule has 4 nitrogen and oxygen atoms in total. The SMILES string of the molecule is [B]C[C@]1(CN=O)CC1CN=O. The second-order valence-electron chi connectivity index (χ2n) is 3.07. The van der Waals surface area contributed by atoms with Crippen molar-refractivity contribution in [1.29, 1.82) is 0 Å². The highest BCUT2D eigenvalue weighted by molar-refractivity contribution is 6.09. The fourth-order valence-electron chi connectivity index (χ4n) is 1.42. The number of hydrogen-bond donors (Lipinski definition) is 0. The van der Waals surface area contributed by atoms with Crippen LogP contribution in [0.1, 0.15) is 6.42 Å². The summed E-state index contributed by atoms with van der Waals surface area (Å²) in [6.45, 7) is 0.496. The van der Waals surface area contributed by atoms with Crippen molar-refractivity contribution in [3.8, 4) is 0 Å². The van der Waals surface area contributed by atoms with Crippen molar-refractivity contribution < 1.29 is 0 Å². The number of nitroso groups, excluding NO2 is 2. The quantitative estimate of drug-likeness (QED) is 0.437. The van der Waals surface area contributed by atoms with E-state index in [2.05, 4.69) is 10.4 Å². The van der Waals surface area contributed by atoms with Crippen LogP contribution >= 0.6 is 0 Å². The van der Waals surface area contributed by atoms with Gasteiger partial charge in [0.25, 0.3) is 0 Å². The Hall–Kier alpha value is -0.735. The second-order valence-corrected chi connectivity index (χ2v) is 3.07. The highest BCUT2D eigenvalue weighted by Crippen LogP contribution is 2.55. The van der Waals surface area contributed by atoms with Gasteiger partial charge in [0.15, 0.2) is 0 Å². The van der Waals surface area contributed by atoms with Crippen molar-refractivity contribution in [2.75, 3.05) is 13.1 Å². The van der Waals surface area contributed by atoms with Crippen LogP contribution in [-0.4, -0.2) is 20.9 Å². The third kappa shape index (κ3) is 1.47. The van der Waals surface area contributed by atoms with Gasteiger partial charge in [0.1, 0.15) is 0 Å². The van der Waals surface area contributed by atoms with Gasteiger partial charge in [-0.05, 0) is 17.8 Å². The first-order valence-electron chi connectivity index (χ1n) is 3.57. The van der Waals surface area contributed by atoms with Crippen LogP contribution in [0.15, 0.2) is 10.4 Å². The van der Waals surface area contributed by atoms with Crippen molar-refractivity contribution in [2.24, 2.45) is 21.7 Å². The molecule has 0 aliphatic heterocycles. The molecule has 11 heavy (non-hydrogen) atoms. The highest BCUT2D eigenvalue weighted by Gasteiger charge is 2.52. The van der Waals surface area contributed by atoms with Crippen LogP contribution in [0.3, 0.4) is 0 Å². The molecule has 1 aliphatic rings. The summed E-state index contributed by atoms with van der Waals surface area (Å²) in [6.07, 6.45) is 1.25. The van der Waals surface area contributed by atoms with Gasteiger partial charge in [-0.15, -0.1) is 0 Å². The molecule has 5 heteroatoms. The van der Waals surface area contributed by atoms with Crippen molar-refractivity contribution in [3.63, 3.8) is 0 Å². The minimum atomic E-state index is -0.185. The lowest BCUT2D eigenvalue weighted by Gasteiger charge is -2.07. The lowest BCUT2D eigenvalue weighted by Crippen LogP contribution is -2.08. The van der Waals surface area contributed by atoms with E-state index in [1.54, 1.807) is 0 Å². The molecule has 2 radical (unpaired) electrons. The lowest BCUT2D eigenvalue weighted by molar-refractivity contribution is 0.519. The summed E-state index contributed by atoms with van der Waals surface area (Å²) in [5, 5.41) is 5.57. The van der Waals surface area contributed by atoms with Crippen LogP contribution in [0.2, 0.25) is 6.32 Å². The van der Waals surface area contributed by atoms with E-state index in [0.29, 0.717) is 6.32 Å². The van der Waals surface area contributed by atoms with E-state index in [9.17, 15) is 9.81 Å². The van der Waals surface area contributed by atoms with Crippen molar-refractivity contribution in [3.05, 3.63) is 9.81 Å². The Morgan fingerprint density at radius 1 is 1.45 bits per heavy atom. The van der Waals surface area contributed by atoms with Crippen molar-refractivity contribution in [1.82, 2.24) is 0 Å². The van der Waals surface area contributed by atoms with E-state index in [4.69, 9.17) is 7.85 Å². The lowest BCUT2D eigenvalue weighted by atomic mass is 9.86. The Bertz CT molecular complexity index is 176. The zero-order valence-electron chi connectivity index (χ0n) is 6.19. The number of hydrogen-bond acceptors (Lipinski definition) is 4. The molecule has 58 valence electrons. The van der Waals surface area contributed by atoms with Crippen LogP contribution in [0.4, 0.5) is 0 Å². The molecule has 1 fully saturated rings. The monoisotopic (exact) mass is 152 g/mol. The molecule has 0 N–H and O–H groups in total. The first-order valence-corrected chi connectivity index (χ1v) is 3.57. The Morgan fingerprint density at radius 2 is 2.18 bits per heavy atom. The van der Waals surface area contributed by atoms with Gasteiger partial charge in [0.05, 0.1) is 20.9 Å². The molecule has 2 atom stereocenters. The van der Waals surface area contributed by atoms with Gasteiger partial charge in [0.2, 0.25) is 0 Å². The summed E-state index contributed by atoms with van der Waals surface area (Å²) >= 11 is 0. The molecule has 0 aromatic carbocycles. The Morgan fingerprint density at radius 3 is 2.64 bits per heavy atom. The molecule has 1 aliphatic carbocycles. The molecule has 0 amide bonds. The van der Waals surface area contributed by atoms with Crippen LogP contribution in [0.25, 0.3) is 0 Å². The minimum Gasteiger partial charge on any atom is -0.151 e.